The van der Waals surface area contributed by atoms with Gasteiger partial charge in [-0.1, -0.05) is 30.3 Å². The number of pyridine rings is 1. The van der Waals surface area contributed by atoms with Gasteiger partial charge in [0.1, 0.15) is 17.3 Å². The number of aromatic nitrogens is 1. The number of hydrogen-bond acceptors (Lipinski definition) is 6. The van der Waals surface area contributed by atoms with E-state index in [4.69, 9.17) is 9.84 Å². The zero-order valence-corrected chi connectivity index (χ0v) is 17.4. The molecule has 0 amide bonds. The first-order valence-electron chi connectivity index (χ1n) is 9.96. The third kappa shape index (κ3) is 4.79. The van der Waals surface area contributed by atoms with Crippen LogP contribution in [0.3, 0.4) is 0 Å². The van der Waals surface area contributed by atoms with Crippen LogP contribution in [0.5, 0.6) is 5.75 Å². The van der Waals surface area contributed by atoms with Crippen molar-refractivity contribution in [2.45, 2.75) is 23.9 Å². The van der Waals surface area contributed by atoms with Crippen LogP contribution in [0.25, 0.3) is 10.9 Å². The highest BCUT2D eigenvalue weighted by atomic mass is 32.2. The highest BCUT2D eigenvalue weighted by Gasteiger charge is 2.28. The van der Waals surface area contributed by atoms with Gasteiger partial charge in [0, 0.05) is 37.3 Å². The molecule has 0 aliphatic carbocycles. The number of sulfonamides is 1. The highest BCUT2D eigenvalue weighted by molar-refractivity contribution is 7.89. The summed E-state index contributed by atoms with van der Waals surface area (Å²) in [6, 6.07) is 16.5. The monoisotopic (exact) mass is 427 g/mol. The number of rotatable bonds is 8. The summed E-state index contributed by atoms with van der Waals surface area (Å²) in [7, 11) is -3.66. The van der Waals surface area contributed by atoms with Crippen LogP contribution in [-0.2, 0) is 16.6 Å². The lowest BCUT2D eigenvalue weighted by atomic mass is 10.2. The summed E-state index contributed by atoms with van der Waals surface area (Å²) in [5, 5.41) is 9.62. The Kier molecular flexibility index (Phi) is 6.29. The molecule has 0 unspecified atom stereocenters. The van der Waals surface area contributed by atoms with Crippen molar-refractivity contribution >= 4 is 20.9 Å². The maximum Gasteiger partial charge on any atom is 0.243 e. The van der Waals surface area contributed by atoms with Gasteiger partial charge in [-0.2, -0.15) is 0 Å². The van der Waals surface area contributed by atoms with E-state index in [1.54, 1.807) is 24.4 Å². The summed E-state index contributed by atoms with van der Waals surface area (Å²) in [5.74, 6) is 0.726. The number of aliphatic hydroxyl groups is 1. The zero-order chi connectivity index (χ0) is 21.0. The Labute approximate surface area is 176 Å². The Morgan fingerprint density at radius 2 is 1.93 bits per heavy atom. The number of benzene rings is 2. The van der Waals surface area contributed by atoms with E-state index in [9.17, 15) is 8.42 Å². The molecule has 1 aliphatic heterocycles. The molecular weight excluding hydrogens is 402 g/mol. The molecule has 0 saturated carbocycles. The molecule has 1 aliphatic rings. The predicted octanol–water partition coefficient (Wildman–Crippen LogP) is 2.16. The Hall–Kier alpha value is -2.52. The SMILES string of the molecule is O=S(=O)(N[C@@H]1CCN(Cc2ccc(OCCO)cc2)C1)c1cccc2cccnc12. The molecule has 30 heavy (non-hydrogen) atoms. The summed E-state index contributed by atoms with van der Waals surface area (Å²) < 4.78 is 34.2. The van der Waals surface area contributed by atoms with Crippen LogP contribution in [0, 0.1) is 0 Å². The normalized spacial score (nSPS) is 17.4. The van der Waals surface area contributed by atoms with Crippen molar-refractivity contribution < 1.29 is 18.3 Å². The molecule has 1 fully saturated rings. The van der Waals surface area contributed by atoms with E-state index in [0.717, 1.165) is 36.2 Å². The van der Waals surface area contributed by atoms with Gasteiger partial charge in [-0.25, -0.2) is 13.1 Å². The van der Waals surface area contributed by atoms with Gasteiger partial charge < -0.3 is 9.84 Å². The van der Waals surface area contributed by atoms with E-state index in [1.165, 1.54) is 0 Å². The van der Waals surface area contributed by atoms with Crippen LogP contribution in [-0.4, -0.2) is 55.8 Å². The molecule has 2 aromatic carbocycles. The van der Waals surface area contributed by atoms with Gasteiger partial charge >= 0.3 is 0 Å². The minimum absolute atomic E-state index is 0.0122. The summed E-state index contributed by atoms with van der Waals surface area (Å²) in [6.45, 7) is 2.49. The van der Waals surface area contributed by atoms with Crippen molar-refractivity contribution in [3.63, 3.8) is 0 Å². The molecule has 1 aromatic heterocycles. The van der Waals surface area contributed by atoms with Crippen LogP contribution in [0.4, 0.5) is 0 Å². The maximum atomic E-state index is 13.0. The molecule has 2 heterocycles. The topological polar surface area (TPSA) is 91.8 Å². The molecule has 0 bridgehead atoms. The van der Waals surface area contributed by atoms with E-state index in [1.807, 2.05) is 36.4 Å². The molecule has 0 radical (unpaired) electrons. The number of likely N-dealkylation sites (tertiary alicyclic amines) is 1. The van der Waals surface area contributed by atoms with Gasteiger partial charge in [-0.15, -0.1) is 0 Å². The fourth-order valence-electron chi connectivity index (χ4n) is 3.76. The van der Waals surface area contributed by atoms with Gasteiger partial charge in [0.15, 0.2) is 0 Å². The van der Waals surface area contributed by atoms with E-state index in [0.29, 0.717) is 12.1 Å². The van der Waals surface area contributed by atoms with Crippen molar-refractivity contribution in [1.82, 2.24) is 14.6 Å². The summed E-state index contributed by atoms with van der Waals surface area (Å²) >= 11 is 0. The number of ether oxygens (including phenoxy) is 1. The predicted molar refractivity (Wildman–Crippen MR) is 115 cm³/mol. The number of nitrogens with zero attached hydrogens (tertiary/aromatic N) is 2. The van der Waals surface area contributed by atoms with Gasteiger partial charge in [-0.3, -0.25) is 9.88 Å². The Bertz CT molecular complexity index is 1100. The highest BCUT2D eigenvalue weighted by Crippen LogP contribution is 2.22. The standard InChI is InChI=1S/C22H25N3O4S/c26-13-14-29-20-8-6-17(7-9-20)15-25-12-10-19(16-25)24-30(27,28)21-5-1-3-18-4-2-11-23-22(18)21/h1-9,11,19,24,26H,10,12-16H2/t19-/m1/s1. The molecular formula is C22H25N3O4S. The van der Waals surface area contributed by atoms with Crippen molar-refractivity contribution in [2.24, 2.45) is 0 Å². The molecule has 4 rings (SSSR count). The van der Waals surface area contributed by atoms with Crippen molar-refractivity contribution in [2.75, 3.05) is 26.3 Å². The number of hydrogen-bond donors (Lipinski definition) is 2. The fraction of sp³-hybridized carbons (Fsp3) is 0.318. The lowest BCUT2D eigenvalue weighted by Crippen LogP contribution is -2.37. The number of aliphatic hydroxyl groups excluding tert-OH is 1. The average molecular weight is 428 g/mol. The first-order chi connectivity index (χ1) is 14.5. The minimum atomic E-state index is -3.66. The maximum absolute atomic E-state index is 13.0. The van der Waals surface area contributed by atoms with E-state index in [2.05, 4.69) is 14.6 Å². The third-order valence-electron chi connectivity index (χ3n) is 5.17. The van der Waals surface area contributed by atoms with Crippen LogP contribution < -0.4 is 9.46 Å². The Balaban J connectivity index is 1.38. The first-order valence-corrected chi connectivity index (χ1v) is 11.4. The van der Waals surface area contributed by atoms with E-state index >= 15 is 0 Å². The van der Waals surface area contributed by atoms with Crippen LogP contribution in [0.1, 0.15) is 12.0 Å². The summed E-state index contributed by atoms with van der Waals surface area (Å²) in [6.07, 6.45) is 2.37. The van der Waals surface area contributed by atoms with Crippen molar-refractivity contribution in [1.29, 1.82) is 0 Å². The molecule has 1 atom stereocenters. The molecule has 0 spiro atoms. The lowest BCUT2D eigenvalue weighted by Gasteiger charge is -2.17. The first kappa shape index (κ1) is 20.7. The second-order valence-electron chi connectivity index (χ2n) is 7.39. The second kappa shape index (κ2) is 9.09. The Morgan fingerprint density at radius 3 is 2.73 bits per heavy atom. The smallest absolute Gasteiger partial charge is 0.243 e. The Morgan fingerprint density at radius 1 is 1.13 bits per heavy atom. The van der Waals surface area contributed by atoms with Crippen LogP contribution in [0.2, 0.25) is 0 Å². The van der Waals surface area contributed by atoms with Crippen molar-refractivity contribution in [3.8, 4) is 5.75 Å². The third-order valence-corrected chi connectivity index (χ3v) is 6.72. The van der Waals surface area contributed by atoms with Gasteiger partial charge in [-0.05, 0) is 36.2 Å². The van der Waals surface area contributed by atoms with Crippen LogP contribution in [0.15, 0.2) is 65.7 Å². The summed E-state index contributed by atoms with van der Waals surface area (Å²) in [4.78, 5) is 6.72. The molecule has 1 saturated heterocycles. The fourth-order valence-corrected chi connectivity index (χ4v) is 5.20. The average Bonchev–Trinajstić information content (AvgIpc) is 3.18. The summed E-state index contributed by atoms with van der Waals surface area (Å²) in [5.41, 5.74) is 1.62. The number of fused-ring (bicyclic) bond motifs is 1. The molecule has 3 aromatic rings. The van der Waals surface area contributed by atoms with Crippen molar-refractivity contribution in [3.05, 3.63) is 66.4 Å². The zero-order valence-electron chi connectivity index (χ0n) is 16.6. The molecule has 8 heteroatoms. The minimum Gasteiger partial charge on any atom is -0.491 e. The number of nitrogens with one attached hydrogen (secondary N) is 1. The van der Waals surface area contributed by atoms with Gasteiger partial charge in [0.2, 0.25) is 10.0 Å². The van der Waals surface area contributed by atoms with Gasteiger partial charge in [0.25, 0.3) is 0 Å². The van der Waals surface area contributed by atoms with Gasteiger partial charge in [0.05, 0.1) is 12.1 Å². The largest absolute Gasteiger partial charge is 0.491 e. The lowest BCUT2D eigenvalue weighted by molar-refractivity contribution is 0.201. The molecule has 158 valence electrons. The number of para-hydroxylation sites is 1. The second-order valence-corrected chi connectivity index (χ2v) is 9.07. The quantitative estimate of drug-likeness (QED) is 0.572. The molecule has 7 nitrogen and oxygen atoms in total. The van der Waals surface area contributed by atoms with E-state index in [-0.39, 0.29) is 24.2 Å². The molecule has 2 N–H and O–H groups in total. The van der Waals surface area contributed by atoms with E-state index < -0.39 is 10.0 Å². The van der Waals surface area contributed by atoms with Crippen LogP contribution >= 0.6 is 0 Å².